The van der Waals surface area contributed by atoms with E-state index in [9.17, 15) is 4.79 Å². The fourth-order valence-electron chi connectivity index (χ4n) is 1.70. The molecule has 1 atom stereocenters. The van der Waals surface area contributed by atoms with Crippen LogP contribution in [0.2, 0.25) is 0 Å². The fourth-order valence-corrected chi connectivity index (χ4v) is 1.70. The highest BCUT2D eigenvalue weighted by molar-refractivity contribution is 5.76. The summed E-state index contributed by atoms with van der Waals surface area (Å²) in [6, 6.07) is 0.166. The number of rotatable bonds is 4. The summed E-state index contributed by atoms with van der Waals surface area (Å²) >= 11 is 0. The number of carbonyl (C=O) groups excluding carboxylic acids is 1. The highest BCUT2D eigenvalue weighted by Gasteiger charge is 2.20. The minimum Gasteiger partial charge on any atom is -0.381 e. The zero-order valence-electron chi connectivity index (χ0n) is 8.87. The van der Waals surface area contributed by atoms with Gasteiger partial charge in [-0.3, -0.25) is 4.79 Å². The van der Waals surface area contributed by atoms with E-state index >= 15 is 0 Å². The highest BCUT2D eigenvalue weighted by Crippen LogP contribution is 2.09. The first-order valence-corrected chi connectivity index (χ1v) is 5.35. The second-order valence-electron chi connectivity index (χ2n) is 3.69. The third kappa shape index (κ3) is 3.64. The summed E-state index contributed by atoms with van der Waals surface area (Å²) in [7, 11) is 0. The van der Waals surface area contributed by atoms with Crippen LogP contribution in [0, 0.1) is 0 Å². The maximum Gasteiger partial charge on any atom is 0.224 e. The first-order chi connectivity index (χ1) is 6.74. The van der Waals surface area contributed by atoms with E-state index in [0.717, 1.165) is 19.4 Å². The Morgan fingerprint density at radius 3 is 3.07 bits per heavy atom. The molecule has 2 N–H and O–H groups in total. The topological polar surface area (TPSA) is 55.6 Å². The van der Waals surface area contributed by atoms with Crippen LogP contribution in [0.25, 0.3) is 0 Å². The molecular weight excluding hydrogens is 180 g/mol. The Hall–Kier alpha value is -0.610. The maximum atomic E-state index is 11.6. The summed E-state index contributed by atoms with van der Waals surface area (Å²) in [5.41, 5.74) is 5.79. The molecule has 1 amide bonds. The lowest BCUT2D eigenvalue weighted by Gasteiger charge is -2.30. The quantitative estimate of drug-likeness (QED) is 0.667. The van der Waals surface area contributed by atoms with Gasteiger partial charge in [0.1, 0.15) is 0 Å². The molecule has 82 valence electrons. The predicted molar refractivity (Wildman–Crippen MR) is 54.9 cm³/mol. The Morgan fingerprint density at radius 1 is 1.64 bits per heavy atom. The number of hydrogen-bond donors (Lipinski definition) is 1. The van der Waals surface area contributed by atoms with Crippen LogP contribution in [0.3, 0.4) is 0 Å². The van der Waals surface area contributed by atoms with E-state index in [1.54, 1.807) is 0 Å². The van der Waals surface area contributed by atoms with Crippen LogP contribution in [0.1, 0.15) is 26.2 Å². The van der Waals surface area contributed by atoms with Crippen LogP contribution in [0.15, 0.2) is 0 Å². The molecule has 4 heteroatoms. The van der Waals surface area contributed by atoms with Gasteiger partial charge in [0.05, 0.1) is 13.0 Å². The van der Waals surface area contributed by atoms with Gasteiger partial charge in [-0.15, -0.1) is 0 Å². The third-order valence-electron chi connectivity index (χ3n) is 2.47. The normalized spacial score (nSPS) is 22.4. The molecule has 0 unspecified atom stereocenters. The molecule has 0 saturated carbocycles. The molecule has 0 aliphatic carbocycles. The largest absolute Gasteiger partial charge is 0.381 e. The zero-order chi connectivity index (χ0) is 10.4. The van der Waals surface area contributed by atoms with E-state index < -0.39 is 0 Å². The van der Waals surface area contributed by atoms with E-state index in [4.69, 9.17) is 10.5 Å². The molecule has 1 aliphatic heterocycles. The van der Waals surface area contributed by atoms with Crippen molar-refractivity contribution in [2.75, 3.05) is 26.3 Å². The highest BCUT2D eigenvalue weighted by atomic mass is 16.5. The molecule has 14 heavy (non-hydrogen) atoms. The van der Waals surface area contributed by atoms with E-state index in [1.807, 2.05) is 11.8 Å². The van der Waals surface area contributed by atoms with E-state index in [0.29, 0.717) is 26.2 Å². The summed E-state index contributed by atoms with van der Waals surface area (Å²) in [6.07, 6.45) is 2.55. The van der Waals surface area contributed by atoms with Gasteiger partial charge in [-0.25, -0.2) is 0 Å². The van der Waals surface area contributed by atoms with Crippen LogP contribution in [0.5, 0.6) is 0 Å². The van der Waals surface area contributed by atoms with Gasteiger partial charge < -0.3 is 15.4 Å². The van der Waals surface area contributed by atoms with Crippen LogP contribution < -0.4 is 5.73 Å². The number of nitrogens with zero attached hydrogens (tertiary/aromatic N) is 1. The monoisotopic (exact) mass is 200 g/mol. The van der Waals surface area contributed by atoms with Gasteiger partial charge >= 0.3 is 0 Å². The summed E-state index contributed by atoms with van der Waals surface area (Å²) < 4.78 is 5.14. The molecule has 4 nitrogen and oxygen atoms in total. The number of ether oxygens (including phenoxy) is 1. The summed E-state index contributed by atoms with van der Waals surface area (Å²) in [5.74, 6) is 0.175. The first kappa shape index (κ1) is 11.5. The van der Waals surface area contributed by atoms with Crippen LogP contribution >= 0.6 is 0 Å². The molecule has 1 aliphatic rings. The van der Waals surface area contributed by atoms with Crippen molar-refractivity contribution in [2.45, 2.75) is 32.2 Å². The lowest BCUT2D eigenvalue weighted by molar-refractivity contribution is -0.133. The SMILES string of the molecule is CCOCCC(=O)N1CCC[C@H](N)C1. The van der Waals surface area contributed by atoms with Crippen molar-refractivity contribution in [3.8, 4) is 0 Å². The van der Waals surface area contributed by atoms with Crippen molar-refractivity contribution in [2.24, 2.45) is 5.73 Å². The predicted octanol–water partition coefficient (Wildman–Crippen LogP) is 0.363. The second kappa shape index (κ2) is 5.98. The molecule has 0 aromatic carbocycles. The Balaban J connectivity index is 2.22. The number of nitrogens with two attached hydrogens (primary N) is 1. The Labute approximate surface area is 85.4 Å². The number of amides is 1. The molecule has 1 fully saturated rings. The second-order valence-corrected chi connectivity index (χ2v) is 3.69. The molecule has 0 aromatic heterocycles. The number of piperidine rings is 1. The van der Waals surface area contributed by atoms with Gasteiger partial charge in [-0.2, -0.15) is 0 Å². The van der Waals surface area contributed by atoms with Crippen molar-refractivity contribution in [3.05, 3.63) is 0 Å². The number of carbonyl (C=O) groups is 1. The summed E-state index contributed by atoms with van der Waals surface area (Å²) in [5, 5.41) is 0. The fraction of sp³-hybridized carbons (Fsp3) is 0.900. The van der Waals surface area contributed by atoms with Crippen molar-refractivity contribution in [1.29, 1.82) is 0 Å². The van der Waals surface area contributed by atoms with Crippen LogP contribution in [0.4, 0.5) is 0 Å². The standard InChI is InChI=1S/C10H20N2O2/c1-2-14-7-5-10(13)12-6-3-4-9(11)8-12/h9H,2-8,11H2,1H3/t9-/m0/s1. The van der Waals surface area contributed by atoms with Crippen molar-refractivity contribution in [1.82, 2.24) is 4.90 Å². The van der Waals surface area contributed by atoms with E-state index in [2.05, 4.69) is 0 Å². The molecule has 0 bridgehead atoms. The van der Waals surface area contributed by atoms with Crippen LogP contribution in [-0.4, -0.2) is 43.2 Å². The molecule has 1 heterocycles. The maximum absolute atomic E-state index is 11.6. The minimum absolute atomic E-state index is 0.166. The van der Waals surface area contributed by atoms with Gasteiger partial charge in [-0.1, -0.05) is 0 Å². The first-order valence-electron chi connectivity index (χ1n) is 5.35. The summed E-state index contributed by atoms with van der Waals surface area (Å²) in [6.45, 7) is 4.71. The van der Waals surface area contributed by atoms with Gasteiger partial charge in [0.2, 0.25) is 5.91 Å². The molecular formula is C10H20N2O2. The Kier molecular flexibility index (Phi) is 4.90. The summed E-state index contributed by atoms with van der Waals surface area (Å²) in [4.78, 5) is 13.5. The van der Waals surface area contributed by atoms with Crippen LogP contribution in [-0.2, 0) is 9.53 Å². The number of likely N-dealkylation sites (tertiary alicyclic amines) is 1. The van der Waals surface area contributed by atoms with Gasteiger partial charge in [-0.05, 0) is 19.8 Å². The Morgan fingerprint density at radius 2 is 2.43 bits per heavy atom. The zero-order valence-corrected chi connectivity index (χ0v) is 8.87. The molecule has 0 radical (unpaired) electrons. The van der Waals surface area contributed by atoms with Crippen molar-refractivity contribution in [3.63, 3.8) is 0 Å². The minimum atomic E-state index is 0.166. The lowest BCUT2D eigenvalue weighted by atomic mass is 10.1. The van der Waals surface area contributed by atoms with E-state index in [1.165, 1.54) is 0 Å². The van der Waals surface area contributed by atoms with Crippen molar-refractivity contribution >= 4 is 5.91 Å². The molecule has 1 rings (SSSR count). The van der Waals surface area contributed by atoms with Gasteiger partial charge in [0.25, 0.3) is 0 Å². The third-order valence-corrected chi connectivity index (χ3v) is 2.47. The van der Waals surface area contributed by atoms with E-state index in [-0.39, 0.29) is 11.9 Å². The smallest absolute Gasteiger partial charge is 0.224 e. The molecule has 1 saturated heterocycles. The average molecular weight is 200 g/mol. The van der Waals surface area contributed by atoms with Gasteiger partial charge in [0.15, 0.2) is 0 Å². The van der Waals surface area contributed by atoms with Gasteiger partial charge in [0, 0.05) is 25.7 Å². The lowest BCUT2D eigenvalue weighted by Crippen LogP contribution is -2.45. The van der Waals surface area contributed by atoms with Crippen molar-refractivity contribution < 1.29 is 9.53 Å². The molecule has 0 spiro atoms. The molecule has 0 aromatic rings. The average Bonchev–Trinajstić information content (AvgIpc) is 2.18. The number of hydrogen-bond acceptors (Lipinski definition) is 3. The Bertz CT molecular complexity index is 185.